The molecular formula is C21H24N2O7. The molecule has 2 aromatic rings. The molecule has 0 radical (unpaired) electrons. The lowest BCUT2D eigenvalue weighted by atomic mass is 9.99. The minimum atomic E-state index is -0.456. The topological polar surface area (TPSA) is 93.7 Å². The summed E-state index contributed by atoms with van der Waals surface area (Å²) in [6.45, 7) is 0.940. The second kappa shape index (κ2) is 7.99. The number of ether oxygens (including phenoxy) is 7. The number of methoxy groups -OCH3 is 3. The second-order valence-corrected chi connectivity index (χ2v) is 7.40. The minimum absolute atomic E-state index is 0.0333. The van der Waals surface area contributed by atoms with Crippen LogP contribution in [0.1, 0.15) is 17.2 Å². The van der Waals surface area contributed by atoms with Crippen LogP contribution in [0.5, 0.6) is 17.6 Å². The number of hydrogen-bond donors (Lipinski definition) is 0. The molecule has 160 valence electrons. The fourth-order valence-electron chi connectivity index (χ4n) is 4.09. The first-order chi connectivity index (χ1) is 14.7. The van der Waals surface area contributed by atoms with Crippen LogP contribution in [0, 0.1) is 0 Å². The van der Waals surface area contributed by atoms with Crippen molar-refractivity contribution in [3.05, 3.63) is 41.6 Å². The van der Waals surface area contributed by atoms with E-state index in [-0.39, 0.29) is 36.5 Å². The van der Waals surface area contributed by atoms with Crippen molar-refractivity contribution in [1.29, 1.82) is 0 Å². The minimum Gasteiger partial charge on any atom is -0.497 e. The Hall–Kier alpha value is -2.46. The first-order valence-corrected chi connectivity index (χ1v) is 9.83. The number of epoxide rings is 1. The average molecular weight is 416 g/mol. The lowest BCUT2D eigenvalue weighted by Gasteiger charge is -2.26. The van der Waals surface area contributed by atoms with E-state index in [1.807, 2.05) is 24.3 Å². The molecule has 3 fully saturated rings. The second-order valence-electron chi connectivity index (χ2n) is 7.40. The molecule has 5 rings (SSSR count). The highest BCUT2D eigenvalue weighted by atomic mass is 16.7. The van der Waals surface area contributed by atoms with E-state index in [9.17, 15) is 0 Å². The summed E-state index contributed by atoms with van der Waals surface area (Å²) in [7, 11) is 4.70. The quantitative estimate of drug-likeness (QED) is 0.625. The molecule has 0 aliphatic carbocycles. The summed E-state index contributed by atoms with van der Waals surface area (Å²) in [6, 6.07) is 7.98. The van der Waals surface area contributed by atoms with Gasteiger partial charge in [-0.2, -0.15) is 4.98 Å². The molecule has 0 N–H and O–H groups in total. The summed E-state index contributed by atoms with van der Waals surface area (Å²) in [4.78, 5) is 8.53. The highest BCUT2D eigenvalue weighted by Gasteiger charge is 2.61. The van der Waals surface area contributed by atoms with Gasteiger partial charge in [-0.15, -0.1) is 0 Å². The van der Waals surface area contributed by atoms with E-state index < -0.39 is 6.10 Å². The maximum atomic E-state index is 6.36. The third-order valence-electron chi connectivity index (χ3n) is 5.69. The van der Waals surface area contributed by atoms with Gasteiger partial charge in [0, 0.05) is 6.20 Å². The van der Waals surface area contributed by atoms with Crippen molar-refractivity contribution >= 4 is 0 Å². The molecule has 1 aromatic carbocycles. The molecule has 3 aliphatic heterocycles. The van der Waals surface area contributed by atoms with Gasteiger partial charge in [0.1, 0.15) is 42.4 Å². The van der Waals surface area contributed by atoms with Crippen molar-refractivity contribution < 1.29 is 33.2 Å². The summed E-state index contributed by atoms with van der Waals surface area (Å²) in [6.07, 6.45) is 0.509. The van der Waals surface area contributed by atoms with Gasteiger partial charge in [0.2, 0.25) is 5.88 Å². The summed E-state index contributed by atoms with van der Waals surface area (Å²) in [5, 5.41) is 0. The van der Waals surface area contributed by atoms with Gasteiger partial charge in [-0.1, -0.05) is 12.1 Å². The molecular weight excluding hydrogens is 392 g/mol. The third-order valence-corrected chi connectivity index (χ3v) is 5.69. The normalized spacial score (nSPS) is 31.6. The summed E-state index contributed by atoms with van der Waals surface area (Å²) >= 11 is 0. The van der Waals surface area contributed by atoms with Crippen LogP contribution >= 0.6 is 0 Å². The molecule has 9 nitrogen and oxygen atoms in total. The van der Waals surface area contributed by atoms with Crippen molar-refractivity contribution in [2.75, 3.05) is 27.9 Å². The van der Waals surface area contributed by atoms with Crippen molar-refractivity contribution in [3.8, 4) is 17.6 Å². The van der Waals surface area contributed by atoms with Gasteiger partial charge in [-0.05, 0) is 17.7 Å². The van der Waals surface area contributed by atoms with Crippen molar-refractivity contribution in [2.45, 2.75) is 43.2 Å². The third kappa shape index (κ3) is 3.47. The van der Waals surface area contributed by atoms with Gasteiger partial charge in [-0.3, -0.25) is 0 Å². The Morgan fingerprint density at radius 1 is 0.967 bits per heavy atom. The smallest absolute Gasteiger partial charge is 0.319 e. The van der Waals surface area contributed by atoms with Crippen LogP contribution in [0.25, 0.3) is 0 Å². The van der Waals surface area contributed by atoms with Gasteiger partial charge in [0.25, 0.3) is 0 Å². The fourth-order valence-corrected chi connectivity index (χ4v) is 4.09. The Labute approximate surface area is 174 Å². The number of fused-ring (bicyclic) bond motifs is 3. The van der Waals surface area contributed by atoms with Gasteiger partial charge in [-0.25, -0.2) is 4.98 Å². The van der Waals surface area contributed by atoms with E-state index >= 15 is 0 Å². The molecule has 0 amide bonds. The number of aromatic nitrogens is 2. The highest BCUT2D eigenvalue weighted by Crippen LogP contribution is 2.48. The molecule has 0 spiro atoms. The zero-order chi connectivity index (χ0) is 20.7. The Morgan fingerprint density at radius 3 is 2.53 bits per heavy atom. The Bertz CT molecular complexity index is 893. The first kappa shape index (κ1) is 19.5. The first-order valence-electron chi connectivity index (χ1n) is 9.83. The number of nitrogens with zero attached hydrogens (tertiary/aromatic N) is 2. The lowest BCUT2D eigenvalue weighted by molar-refractivity contribution is -0.0809. The van der Waals surface area contributed by atoms with Crippen molar-refractivity contribution in [3.63, 3.8) is 0 Å². The molecule has 4 heterocycles. The van der Waals surface area contributed by atoms with Gasteiger partial charge in [0.05, 0.1) is 40.1 Å². The Kier molecular flexibility index (Phi) is 5.20. The van der Waals surface area contributed by atoms with E-state index in [1.165, 1.54) is 7.11 Å². The van der Waals surface area contributed by atoms with Crippen LogP contribution in [0.2, 0.25) is 0 Å². The largest absolute Gasteiger partial charge is 0.497 e. The standard InChI is InChI=1S/C21H24N2O7/c1-24-12-6-4-11(5-7-12)9-27-17-15(13-8-22-21(26-3)23-20(13)25-2)30-19-16-14(29-16)10-28-18(17)19/h4-8,14-19H,9-10H2,1-3H3/t14-,15-,16-,17-,18-,19+/m0/s1. The summed E-state index contributed by atoms with van der Waals surface area (Å²) < 4.78 is 40.3. The van der Waals surface area contributed by atoms with Crippen LogP contribution in [-0.2, 0) is 25.6 Å². The van der Waals surface area contributed by atoms with E-state index in [0.29, 0.717) is 24.7 Å². The van der Waals surface area contributed by atoms with E-state index in [4.69, 9.17) is 33.2 Å². The zero-order valence-corrected chi connectivity index (χ0v) is 17.0. The molecule has 6 atom stereocenters. The van der Waals surface area contributed by atoms with E-state index in [2.05, 4.69) is 9.97 Å². The van der Waals surface area contributed by atoms with Crippen LogP contribution < -0.4 is 14.2 Å². The van der Waals surface area contributed by atoms with Crippen LogP contribution in [0.15, 0.2) is 30.5 Å². The highest BCUT2D eigenvalue weighted by molar-refractivity contribution is 5.31. The van der Waals surface area contributed by atoms with Crippen molar-refractivity contribution in [2.24, 2.45) is 0 Å². The molecule has 3 aliphatic rings. The predicted molar refractivity (Wildman–Crippen MR) is 103 cm³/mol. The zero-order valence-electron chi connectivity index (χ0n) is 17.0. The number of hydrogen-bond acceptors (Lipinski definition) is 9. The van der Waals surface area contributed by atoms with Gasteiger partial charge >= 0.3 is 6.01 Å². The Balaban J connectivity index is 1.41. The van der Waals surface area contributed by atoms with Crippen molar-refractivity contribution in [1.82, 2.24) is 9.97 Å². The Morgan fingerprint density at radius 2 is 1.80 bits per heavy atom. The lowest BCUT2D eigenvalue weighted by Crippen LogP contribution is -2.43. The SMILES string of the molecule is COc1ccc(CO[C@@H]2[C@@H]3OC[C@@H]4O[C@@H]4[C@H]3O[C@H]2c2cnc(OC)nc2OC)cc1. The van der Waals surface area contributed by atoms with E-state index in [0.717, 1.165) is 11.3 Å². The number of rotatable bonds is 7. The molecule has 9 heteroatoms. The molecule has 1 aromatic heterocycles. The summed E-state index contributed by atoms with van der Waals surface area (Å²) in [5.41, 5.74) is 1.71. The molecule has 30 heavy (non-hydrogen) atoms. The average Bonchev–Trinajstić information content (AvgIpc) is 3.51. The molecule has 0 unspecified atom stereocenters. The maximum absolute atomic E-state index is 6.36. The molecule has 3 saturated heterocycles. The maximum Gasteiger partial charge on any atom is 0.319 e. The monoisotopic (exact) mass is 416 g/mol. The van der Waals surface area contributed by atoms with Crippen LogP contribution in [0.3, 0.4) is 0 Å². The van der Waals surface area contributed by atoms with Gasteiger partial charge < -0.3 is 33.2 Å². The summed E-state index contributed by atoms with van der Waals surface area (Å²) in [5.74, 6) is 1.19. The molecule has 0 saturated carbocycles. The predicted octanol–water partition coefficient (Wildman–Crippen LogP) is 1.69. The van der Waals surface area contributed by atoms with E-state index in [1.54, 1.807) is 20.4 Å². The number of benzene rings is 1. The molecule has 0 bridgehead atoms. The van der Waals surface area contributed by atoms with Gasteiger partial charge in [0.15, 0.2) is 0 Å². The van der Waals surface area contributed by atoms with Crippen LogP contribution in [0.4, 0.5) is 0 Å². The fraction of sp³-hybridized carbons (Fsp3) is 0.524. The van der Waals surface area contributed by atoms with Crippen LogP contribution in [-0.4, -0.2) is 68.4 Å².